The molecule has 2 aromatic rings. The zero-order valence-electron chi connectivity index (χ0n) is 12.4. The summed E-state index contributed by atoms with van der Waals surface area (Å²) in [4.78, 5) is 0. The Kier molecular flexibility index (Phi) is 5.38. The third kappa shape index (κ3) is 4.46. The lowest BCUT2D eigenvalue weighted by Crippen LogP contribution is -2.30. The van der Waals surface area contributed by atoms with Crippen LogP contribution in [0.3, 0.4) is 0 Å². The fraction of sp³-hybridized carbons (Fsp3) is 0.333. The van der Waals surface area contributed by atoms with E-state index in [-0.39, 0.29) is 0 Å². The van der Waals surface area contributed by atoms with Crippen LogP contribution in [0.15, 0.2) is 53.0 Å². The second kappa shape index (κ2) is 7.05. The van der Waals surface area contributed by atoms with Crippen LogP contribution in [0.1, 0.15) is 36.6 Å². The van der Waals surface area contributed by atoms with Crippen LogP contribution in [-0.2, 0) is 6.42 Å². The van der Waals surface area contributed by atoms with Gasteiger partial charge in [-0.05, 0) is 50.5 Å². The Bertz CT molecular complexity index is 530. The van der Waals surface area contributed by atoms with Gasteiger partial charge in [0.2, 0.25) is 0 Å². The highest BCUT2D eigenvalue weighted by molar-refractivity contribution is 9.10. The van der Waals surface area contributed by atoms with Gasteiger partial charge in [-0.3, -0.25) is 0 Å². The molecule has 0 aromatic heterocycles. The summed E-state index contributed by atoms with van der Waals surface area (Å²) in [5, 5.41) is 3.67. The molecule has 0 saturated heterocycles. The summed E-state index contributed by atoms with van der Waals surface area (Å²) in [6, 6.07) is 18.2. The van der Waals surface area contributed by atoms with Gasteiger partial charge >= 0.3 is 0 Å². The SMILES string of the molecule is Cc1ccc(C(C)NC(C)Cc2ccc(Br)cc2)cc1. The first kappa shape index (κ1) is 15.3. The molecule has 0 heterocycles. The highest BCUT2D eigenvalue weighted by Crippen LogP contribution is 2.16. The van der Waals surface area contributed by atoms with Crippen LogP contribution >= 0.6 is 15.9 Å². The van der Waals surface area contributed by atoms with Crippen molar-refractivity contribution in [2.24, 2.45) is 0 Å². The van der Waals surface area contributed by atoms with Crippen LogP contribution in [0.4, 0.5) is 0 Å². The van der Waals surface area contributed by atoms with Gasteiger partial charge in [0, 0.05) is 16.6 Å². The van der Waals surface area contributed by atoms with Crippen molar-refractivity contribution < 1.29 is 0 Å². The van der Waals surface area contributed by atoms with E-state index in [4.69, 9.17) is 0 Å². The van der Waals surface area contributed by atoms with E-state index in [1.54, 1.807) is 0 Å². The Balaban J connectivity index is 1.92. The van der Waals surface area contributed by atoms with Gasteiger partial charge < -0.3 is 5.32 Å². The summed E-state index contributed by atoms with van der Waals surface area (Å²) in [6.07, 6.45) is 1.05. The van der Waals surface area contributed by atoms with Gasteiger partial charge in [-0.2, -0.15) is 0 Å². The van der Waals surface area contributed by atoms with E-state index in [0.29, 0.717) is 12.1 Å². The van der Waals surface area contributed by atoms with Crippen molar-refractivity contribution in [1.29, 1.82) is 0 Å². The van der Waals surface area contributed by atoms with E-state index in [2.05, 4.69) is 90.5 Å². The number of nitrogens with one attached hydrogen (secondary N) is 1. The van der Waals surface area contributed by atoms with E-state index in [1.165, 1.54) is 16.7 Å². The normalized spacial score (nSPS) is 14.0. The van der Waals surface area contributed by atoms with Crippen LogP contribution in [0, 0.1) is 6.92 Å². The van der Waals surface area contributed by atoms with Crippen molar-refractivity contribution in [1.82, 2.24) is 5.32 Å². The standard InChI is InChI=1S/C18H22BrN/c1-13-4-8-17(9-5-13)15(3)20-14(2)12-16-6-10-18(19)11-7-16/h4-11,14-15,20H,12H2,1-3H3. The zero-order chi connectivity index (χ0) is 14.5. The first-order chi connectivity index (χ1) is 9.54. The molecule has 20 heavy (non-hydrogen) atoms. The van der Waals surface area contributed by atoms with Crippen molar-refractivity contribution in [2.45, 2.75) is 39.3 Å². The Hall–Kier alpha value is -1.12. The molecule has 1 N–H and O–H groups in total. The van der Waals surface area contributed by atoms with Crippen LogP contribution in [-0.4, -0.2) is 6.04 Å². The van der Waals surface area contributed by atoms with E-state index >= 15 is 0 Å². The van der Waals surface area contributed by atoms with Crippen molar-refractivity contribution in [3.05, 3.63) is 69.7 Å². The van der Waals surface area contributed by atoms with Crippen molar-refractivity contribution >= 4 is 15.9 Å². The van der Waals surface area contributed by atoms with Crippen LogP contribution in [0.25, 0.3) is 0 Å². The lowest BCUT2D eigenvalue weighted by atomic mass is 10.0. The van der Waals surface area contributed by atoms with Gasteiger partial charge in [0.1, 0.15) is 0 Å². The van der Waals surface area contributed by atoms with Crippen molar-refractivity contribution in [2.75, 3.05) is 0 Å². The first-order valence-electron chi connectivity index (χ1n) is 7.11. The number of benzene rings is 2. The number of hydrogen-bond acceptors (Lipinski definition) is 1. The predicted molar refractivity (Wildman–Crippen MR) is 90.0 cm³/mol. The fourth-order valence-electron chi connectivity index (χ4n) is 2.41. The highest BCUT2D eigenvalue weighted by atomic mass is 79.9. The van der Waals surface area contributed by atoms with Gasteiger partial charge in [-0.25, -0.2) is 0 Å². The summed E-state index contributed by atoms with van der Waals surface area (Å²) in [5.74, 6) is 0. The van der Waals surface area contributed by atoms with Crippen LogP contribution < -0.4 is 5.32 Å². The molecule has 2 atom stereocenters. The third-order valence-electron chi connectivity index (χ3n) is 3.57. The monoisotopic (exact) mass is 331 g/mol. The average molecular weight is 332 g/mol. The average Bonchev–Trinajstić information content (AvgIpc) is 2.42. The third-order valence-corrected chi connectivity index (χ3v) is 4.10. The molecule has 2 unspecified atom stereocenters. The minimum atomic E-state index is 0.376. The smallest absolute Gasteiger partial charge is 0.0294 e. The molecule has 1 nitrogen and oxygen atoms in total. The molecule has 2 aromatic carbocycles. The molecule has 106 valence electrons. The Morgan fingerprint density at radius 1 is 0.950 bits per heavy atom. The minimum Gasteiger partial charge on any atom is -0.307 e. The highest BCUT2D eigenvalue weighted by Gasteiger charge is 2.09. The summed E-state index contributed by atoms with van der Waals surface area (Å²) in [7, 11) is 0. The molecular weight excluding hydrogens is 310 g/mol. The number of aryl methyl sites for hydroxylation is 1. The predicted octanol–water partition coefficient (Wildman–Crippen LogP) is 5.04. The van der Waals surface area contributed by atoms with E-state index in [0.717, 1.165) is 10.9 Å². The molecule has 0 aliphatic rings. The lowest BCUT2D eigenvalue weighted by Gasteiger charge is -2.20. The van der Waals surface area contributed by atoms with E-state index in [1.807, 2.05) is 0 Å². The maximum atomic E-state index is 3.67. The molecule has 0 spiro atoms. The van der Waals surface area contributed by atoms with Crippen LogP contribution in [0.5, 0.6) is 0 Å². The van der Waals surface area contributed by atoms with Crippen molar-refractivity contribution in [3.8, 4) is 0 Å². The zero-order valence-corrected chi connectivity index (χ0v) is 13.9. The van der Waals surface area contributed by atoms with Crippen molar-refractivity contribution in [3.63, 3.8) is 0 Å². The second-order valence-corrected chi connectivity index (χ2v) is 6.45. The number of hydrogen-bond donors (Lipinski definition) is 1. The van der Waals surface area contributed by atoms with Gasteiger partial charge in [0.15, 0.2) is 0 Å². The van der Waals surface area contributed by atoms with Crippen LogP contribution in [0.2, 0.25) is 0 Å². The summed E-state index contributed by atoms with van der Waals surface area (Å²) in [5.41, 5.74) is 4.02. The molecule has 0 aliphatic heterocycles. The molecule has 0 fully saturated rings. The molecule has 0 amide bonds. The number of rotatable bonds is 5. The summed E-state index contributed by atoms with van der Waals surface area (Å²) in [6.45, 7) is 6.59. The Morgan fingerprint density at radius 2 is 1.55 bits per heavy atom. The molecule has 2 heteroatoms. The molecule has 0 saturated carbocycles. The Labute approximate surface area is 130 Å². The minimum absolute atomic E-state index is 0.376. The quantitative estimate of drug-likeness (QED) is 0.809. The lowest BCUT2D eigenvalue weighted by molar-refractivity contribution is 0.477. The van der Waals surface area contributed by atoms with Gasteiger partial charge in [-0.15, -0.1) is 0 Å². The number of halogens is 1. The molecule has 2 rings (SSSR count). The van der Waals surface area contributed by atoms with E-state index < -0.39 is 0 Å². The topological polar surface area (TPSA) is 12.0 Å². The molecule has 0 bridgehead atoms. The summed E-state index contributed by atoms with van der Waals surface area (Å²) < 4.78 is 1.13. The maximum Gasteiger partial charge on any atom is 0.0294 e. The van der Waals surface area contributed by atoms with Gasteiger partial charge in [0.25, 0.3) is 0 Å². The first-order valence-corrected chi connectivity index (χ1v) is 7.91. The molecular formula is C18H22BrN. The maximum absolute atomic E-state index is 3.67. The van der Waals surface area contributed by atoms with Gasteiger partial charge in [0.05, 0.1) is 0 Å². The van der Waals surface area contributed by atoms with E-state index in [9.17, 15) is 0 Å². The van der Waals surface area contributed by atoms with Gasteiger partial charge in [-0.1, -0.05) is 57.9 Å². The largest absolute Gasteiger partial charge is 0.307 e. The second-order valence-electron chi connectivity index (χ2n) is 5.53. The molecule has 0 aliphatic carbocycles. The molecule has 0 radical (unpaired) electrons. The Morgan fingerprint density at radius 3 is 2.15 bits per heavy atom. The summed E-state index contributed by atoms with van der Waals surface area (Å²) >= 11 is 3.47. The fourth-order valence-corrected chi connectivity index (χ4v) is 2.68.